The molecule has 1 heterocycles. The van der Waals surface area contributed by atoms with E-state index in [0.717, 1.165) is 17.1 Å². The van der Waals surface area contributed by atoms with Gasteiger partial charge < -0.3 is 9.47 Å². The van der Waals surface area contributed by atoms with E-state index in [-0.39, 0.29) is 0 Å². The van der Waals surface area contributed by atoms with Crippen LogP contribution in [0.3, 0.4) is 0 Å². The first-order valence-corrected chi connectivity index (χ1v) is 4.22. The van der Waals surface area contributed by atoms with Gasteiger partial charge in [-0.2, -0.15) is 0 Å². The lowest BCUT2D eigenvalue weighted by Crippen LogP contribution is -2.15. The summed E-state index contributed by atoms with van der Waals surface area (Å²) in [7, 11) is 1.75. The maximum Gasteiger partial charge on any atom is 0.162 e. The number of hydrogen-bond donors (Lipinski definition) is 0. The van der Waals surface area contributed by atoms with Crippen molar-refractivity contribution < 1.29 is 9.47 Å². The van der Waals surface area contributed by atoms with Gasteiger partial charge in [-0.15, -0.1) is 0 Å². The van der Waals surface area contributed by atoms with Gasteiger partial charge in [-0.1, -0.05) is 0 Å². The molecule has 1 aliphatic rings. The second-order valence-electron chi connectivity index (χ2n) is 2.79. The van der Waals surface area contributed by atoms with E-state index in [0.29, 0.717) is 13.2 Å². The van der Waals surface area contributed by atoms with Crippen LogP contribution in [0.4, 0.5) is 0 Å². The zero-order valence-electron chi connectivity index (χ0n) is 7.49. The molecule has 0 spiro atoms. The molecule has 1 aromatic rings. The minimum absolute atomic E-state index is 0.625. The standard InChI is InChI=1S/C10H11NO2/c1-11-7-8-2-3-9-10(6-8)13-5-4-12-9/h2-3,6-7H,4-5H2,1H3/b11-7+. The van der Waals surface area contributed by atoms with Crippen molar-refractivity contribution in [2.75, 3.05) is 20.3 Å². The average Bonchev–Trinajstić information content (AvgIpc) is 2.18. The highest BCUT2D eigenvalue weighted by molar-refractivity contribution is 5.80. The molecule has 13 heavy (non-hydrogen) atoms. The number of benzene rings is 1. The van der Waals surface area contributed by atoms with E-state index in [4.69, 9.17) is 9.47 Å². The molecule has 3 heteroatoms. The second kappa shape index (κ2) is 3.47. The normalized spacial score (nSPS) is 14.8. The summed E-state index contributed by atoms with van der Waals surface area (Å²) in [5.41, 5.74) is 1.03. The van der Waals surface area contributed by atoms with Gasteiger partial charge in [0.25, 0.3) is 0 Å². The third-order valence-corrected chi connectivity index (χ3v) is 1.84. The Morgan fingerprint density at radius 3 is 2.77 bits per heavy atom. The van der Waals surface area contributed by atoms with Crippen LogP contribution >= 0.6 is 0 Å². The molecule has 0 fully saturated rings. The summed E-state index contributed by atoms with van der Waals surface area (Å²) in [5, 5.41) is 0. The lowest BCUT2D eigenvalue weighted by atomic mass is 10.2. The summed E-state index contributed by atoms with van der Waals surface area (Å²) in [6.45, 7) is 1.26. The van der Waals surface area contributed by atoms with Crippen LogP contribution in [0, 0.1) is 0 Å². The summed E-state index contributed by atoms with van der Waals surface area (Å²) in [4.78, 5) is 3.93. The van der Waals surface area contributed by atoms with Crippen molar-refractivity contribution in [1.82, 2.24) is 0 Å². The van der Waals surface area contributed by atoms with Crippen molar-refractivity contribution in [3.8, 4) is 11.5 Å². The predicted octanol–water partition coefficient (Wildman–Crippen LogP) is 1.51. The molecule has 1 aliphatic heterocycles. The maximum atomic E-state index is 5.42. The van der Waals surface area contributed by atoms with Gasteiger partial charge in [0.15, 0.2) is 11.5 Å². The zero-order valence-corrected chi connectivity index (χ0v) is 7.49. The Bertz CT molecular complexity index is 334. The third-order valence-electron chi connectivity index (χ3n) is 1.84. The SMILES string of the molecule is C/N=C/c1ccc2c(c1)OCCO2. The Labute approximate surface area is 77.0 Å². The number of rotatable bonds is 1. The van der Waals surface area contributed by atoms with E-state index in [1.165, 1.54) is 0 Å². The van der Waals surface area contributed by atoms with Crippen LogP contribution in [-0.2, 0) is 0 Å². The number of nitrogens with zero attached hydrogens (tertiary/aromatic N) is 1. The highest BCUT2D eigenvalue weighted by atomic mass is 16.6. The van der Waals surface area contributed by atoms with Crippen LogP contribution in [0.2, 0.25) is 0 Å². The topological polar surface area (TPSA) is 30.8 Å². The third kappa shape index (κ3) is 1.64. The smallest absolute Gasteiger partial charge is 0.162 e. The summed E-state index contributed by atoms with van der Waals surface area (Å²) >= 11 is 0. The van der Waals surface area contributed by atoms with Crippen molar-refractivity contribution >= 4 is 6.21 Å². The van der Waals surface area contributed by atoms with Gasteiger partial charge in [0.05, 0.1) is 0 Å². The number of ether oxygens (including phenoxy) is 2. The number of fused-ring (bicyclic) bond motifs is 1. The lowest BCUT2D eigenvalue weighted by molar-refractivity contribution is 0.171. The van der Waals surface area contributed by atoms with E-state index in [1.54, 1.807) is 13.3 Å². The van der Waals surface area contributed by atoms with Crippen molar-refractivity contribution in [2.45, 2.75) is 0 Å². The number of hydrogen-bond acceptors (Lipinski definition) is 3. The van der Waals surface area contributed by atoms with Crippen LogP contribution in [0.1, 0.15) is 5.56 Å². The van der Waals surface area contributed by atoms with E-state index in [9.17, 15) is 0 Å². The van der Waals surface area contributed by atoms with Crippen molar-refractivity contribution in [3.63, 3.8) is 0 Å². The monoisotopic (exact) mass is 177 g/mol. The molecular weight excluding hydrogens is 166 g/mol. The average molecular weight is 177 g/mol. The highest BCUT2D eigenvalue weighted by Gasteiger charge is 2.10. The molecule has 68 valence electrons. The van der Waals surface area contributed by atoms with Crippen LogP contribution in [-0.4, -0.2) is 26.5 Å². The molecule has 1 aromatic carbocycles. The van der Waals surface area contributed by atoms with Gasteiger partial charge in [-0.05, 0) is 23.8 Å². The van der Waals surface area contributed by atoms with Crippen LogP contribution in [0.5, 0.6) is 11.5 Å². The molecule has 0 atom stereocenters. The Kier molecular flexibility index (Phi) is 2.17. The Morgan fingerprint density at radius 2 is 2.00 bits per heavy atom. The molecule has 0 amide bonds. The summed E-state index contributed by atoms with van der Waals surface area (Å²) in [6, 6.07) is 5.80. The van der Waals surface area contributed by atoms with E-state index in [2.05, 4.69) is 4.99 Å². The molecule has 3 nitrogen and oxygen atoms in total. The molecule has 0 unspecified atom stereocenters. The first-order valence-electron chi connectivity index (χ1n) is 4.22. The van der Waals surface area contributed by atoms with Gasteiger partial charge in [0.2, 0.25) is 0 Å². The molecule has 0 saturated heterocycles. The van der Waals surface area contributed by atoms with Crippen molar-refractivity contribution in [1.29, 1.82) is 0 Å². The van der Waals surface area contributed by atoms with Crippen molar-refractivity contribution in [2.24, 2.45) is 4.99 Å². The largest absolute Gasteiger partial charge is 0.486 e. The summed E-state index contributed by atoms with van der Waals surface area (Å²) in [5.74, 6) is 1.63. The van der Waals surface area contributed by atoms with E-state index < -0.39 is 0 Å². The molecule has 0 saturated carbocycles. The summed E-state index contributed by atoms with van der Waals surface area (Å²) < 4.78 is 10.8. The quantitative estimate of drug-likeness (QED) is 0.609. The minimum atomic E-state index is 0.625. The van der Waals surface area contributed by atoms with E-state index >= 15 is 0 Å². The molecule has 0 bridgehead atoms. The van der Waals surface area contributed by atoms with E-state index in [1.807, 2.05) is 18.2 Å². The van der Waals surface area contributed by atoms with Crippen LogP contribution in [0.15, 0.2) is 23.2 Å². The van der Waals surface area contributed by atoms with Crippen LogP contribution in [0.25, 0.3) is 0 Å². The lowest BCUT2D eigenvalue weighted by Gasteiger charge is -2.18. The van der Waals surface area contributed by atoms with Gasteiger partial charge in [0.1, 0.15) is 13.2 Å². The maximum absolute atomic E-state index is 5.42. The van der Waals surface area contributed by atoms with Gasteiger partial charge in [0, 0.05) is 13.3 Å². The molecular formula is C10H11NO2. The fourth-order valence-electron chi connectivity index (χ4n) is 1.29. The molecule has 0 N–H and O–H groups in total. The summed E-state index contributed by atoms with van der Waals surface area (Å²) in [6.07, 6.45) is 1.79. The highest BCUT2D eigenvalue weighted by Crippen LogP contribution is 2.30. The molecule has 2 rings (SSSR count). The number of aliphatic imine (C=N–C) groups is 1. The Morgan fingerprint density at radius 1 is 1.23 bits per heavy atom. The molecule has 0 aliphatic carbocycles. The molecule has 0 aromatic heterocycles. The first kappa shape index (κ1) is 8.10. The Hall–Kier alpha value is -1.51. The predicted molar refractivity (Wildman–Crippen MR) is 51.0 cm³/mol. The van der Waals surface area contributed by atoms with Crippen molar-refractivity contribution in [3.05, 3.63) is 23.8 Å². The fraction of sp³-hybridized carbons (Fsp3) is 0.300. The van der Waals surface area contributed by atoms with Gasteiger partial charge >= 0.3 is 0 Å². The molecule has 0 radical (unpaired) electrons. The zero-order chi connectivity index (χ0) is 9.10. The van der Waals surface area contributed by atoms with Gasteiger partial charge in [-0.3, -0.25) is 4.99 Å². The second-order valence-corrected chi connectivity index (χ2v) is 2.79. The van der Waals surface area contributed by atoms with Gasteiger partial charge in [-0.25, -0.2) is 0 Å². The Balaban J connectivity index is 2.35. The first-order chi connectivity index (χ1) is 6.40. The van der Waals surface area contributed by atoms with Crippen LogP contribution < -0.4 is 9.47 Å². The minimum Gasteiger partial charge on any atom is -0.486 e. The fourth-order valence-corrected chi connectivity index (χ4v) is 1.29.